The summed E-state index contributed by atoms with van der Waals surface area (Å²) in [6, 6.07) is 0.252. The van der Waals surface area contributed by atoms with Gasteiger partial charge in [-0.15, -0.1) is 0 Å². The van der Waals surface area contributed by atoms with Gasteiger partial charge in [0.2, 0.25) is 0 Å². The minimum Gasteiger partial charge on any atom is -0.376 e. The molecule has 62 valence electrons. The number of rotatable bonds is 3. The molecule has 0 unspecified atom stereocenters. The molecule has 0 spiro atoms. The summed E-state index contributed by atoms with van der Waals surface area (Å²) in [4.78, 5) is 0. The second kappa shape index (κ2) is 3.94. The maximum atomic E-state index is 5.54. The molecule has 0 aromatic carbocycles. The Balaban J connectivity index is 3.21. The second-order valence-electron chi connectivity index (χ2n) is 3.73. The van der Waals surface area contributed by atoms with E-state index in [9.17, 15) is 0 Å². The lowest BCUT2D eigenvalue weighted by Gasteiger charge is -2.19. The zero-order valence-electron chi connectivity index (χ0n) is 7.48. The smallest absolute Gasteiger partial charge is 0.0598 e. The average molecular weight is 145 g/mol. The summed E-state index contributed by atoms with van der Waals surface area (Å²) in [6.07, 6.45) is 0.942. The van der Waals surface area contributed by atoms with E-state index in [1.807, 2.05) is 27.7 Å². The van der Waals surface area contributed by atoms with Gasteiger partial charge in [-0.2, -0.15) is 0 Å². The van der Waals surface area contributed by atoms with Gasteiger partial charge in [0, 0.05) is 12.6 Å². The van der Waals surface area contributed by atoms with Crippen LogP contribution in [0.5, 0.6) is 0 Å². The minimum absolute atomic E-state index is 0.0190. The molecule has 2 nitrogen and oxygen atoms in total. The predicted octanol–water partition coefficient (Wildman–Crippen LogP) is 1.54. The van der Waals surface area contributed by atoms with Gasteiger partial charge in [0.25, 0.3) is 0 Å². The van der Waals surface area contributed by atoms with E-state index in [2.05, 4.69) is 0 Å². The fourth-order valence-electron chi connectivity index (χ4n) is 0.551. The van der Waals surface area contributed by atoms with Crippen LogP contribution in [0.4, 0.5) is 0 Å². The molecule has 0 aliphatic rings. The Morgan fingerprint density at radius 1 is 1.40 bits per heavy atom. The Kier molecular flexibility index (Phi) is 3.91. The molecule has 0 aliphatic heterocycles. The van der Waals surface area contributed by atoms with Crippen LogP contribution in [-0.2, 0) is 4.74 Å². The second-order valence-corrected chi connectivity index (χ2v) is 3.73. The number of nitrogens with two attached hydrogens (primary N) is 1. The molecule has 0 bridgehead atoms. The van der Waals surface area contributed by atoms with Crippen molar-refractivity contribution in [2.75, 3.05) is 6.61 Å². The van der Waals surface area contributed by atoms with Crippen molar-refractivity contribution in [3.8, 4) is 0 Å². The topological polar surface area (TPSA) is 35.2 Å². The van der Waals surface area contributed by atoms with E-state index in [0.717, 1.165) is 13.0 Å². The highest BCUT2D eigenvalue weighted by Crippen LogP contribution is 2.06. The number of hydrogen-bond donors (Lipinski definition) is 1. The lowest BCUT2D eigenvalue weighted by molar-refractivity contribution is -0.00547. The summed E-state index contributed by atoms with van der Waals surface area (Å²) in [5.41, 5.74) is 5.52. The van der Waals surface area contributed by atoms with Crippen molar-refractivity contribution in [1.82, 2.24) is 0 Å². The Labute approximate surface area is 63.7 Å². The third-order valence-electron chi connectivity index (χ3n) is 1.11. The van der Waals surface area contributed by atoms with E-state index < -0.39 is 0 Å². The monoisotopic (exact) mass is 145 g/mol. The molecule has 0 fully saturated rings. The van der Waals surface area contributed by atoms with Gasteiger partial charge in [-0.3, -0.25) is 0 Å². The van der Waals surface area contributed by atoms with Gasteiger partial charge in [-0.1, -0.05) is 0 Å². The van der Waals surface area contributed by atoms with Crippen LogP contribution < -0.4 is 5.73 Å². The van der Waals surface area contributed by atoms with Crippen molar-refractivity contribution in [2.24, 2.45) is 5.73 Å². The fraction of sp³-hybridized carbons (Fsp3) is 1.00. The first-order chi connectivity index (χ1) is 4.42. The Bertz CT molecular complexity index is 83.7. The van der Waals surface area contributed by atoms with Crippen LogP contribution in [0.3, 0.4) is 0 Å². The zero-order chi connectivity index (χ0) is 8.20. The number of ether oxygens (including phenoxy) is 1. The molecule has 2 heteroatoms. The first-order valence-corrected chi connectivity index (χ1v) is 3.81. The van der Waals surface area contributed by atoms with Gasteiger partial charge in [0.05, 0.1) is 5.60 Å². The quantitative estimate of drug-likeness (QED) is 0.653. The minimum atomic E-state index is -0.0190. The van der Waals surface area contributed by atoms with Gasteiger partial charge in [0.15, 0.2) is 0 Å². The highest BCUT2D eigenvalue weighted by Gasteiger charge is 2.09. The SMILES string of the molecule is C[C@@H](N)CCOC(C)(C)C. The van der Waals surface area contributed by atoms with Crippen LogP contribution >= 0.6 is 0 Å². The van der Waals surface area contributed by atoms with Crippen LogP contribution in [0.1, 0.15) is 34.1 Å². The normalized spacial score (nSPS) is 15.3. The summed E-state index contributed by atoms with van der Waals surface area (Å²) in [7, 11) is 0. The first kappa shape index (κ1) is 9.92. The van der Waals surface area contributed by atoms with Gasteiger partial charge < -0.3 is 10.5 Å². The van der Waals surface area contributed by atoms with Crippen LogP contribution in [0.15, 0.2) is 0 Å². The van der Waals surface area contributed by atoms with Crippen molar-refractivity contribution < 1.29 is 4.74 Å². The van der Waals surface area contributed by atoms with Crippen LogP contribution in [0, 0.1) is 0 Å². The summed E-state index contributed by atoms with van der Waals surface area (Å²) in [6.45, 7) is 8.91. The lowest BCUT2D eigenvalue weighted by atomic mass is 10.2. The van der Waals surface area contributed by atoms with E-state index in [4.69, 9.17) is 10.5 Å². The largest absolute Gasteiger partial charge is 0.376 e. The van der Waals surface area contributed by atoms with E-state index in [1.54, 1.807) is 0 Å². The molecule has 0 aliphatic carbocycles. The molecule has 1 atom stereocenters. The molecule has 0 rings (SSSR count). The van der Waals surface area contributed by atoms with Gasteiger partial charge in [0.1, 0.15) is 0 Å². The molecule has 0 saturated carbocycles. The highest BCUT2D eigenvalue weighted by molar-refractivity contribution is 4.60. The molecule has 10 heavy (non-hydrogen) atoms. The van der Waals surface area contributed by atoms with E-state index in [-0.39, 0.29) is 11.6 Å². The Morgan fingerprint density at radius 2 is 1.90 bits per heavy atom. The molecular weight excluding hydrogens is 126 g/mol. The van der Waals surface area contributed by atoms with Crippen molar-refractivity contribution in [2.45, 2.75) is 45.8 Å². The van der Waals surface area contributed by atoms with Crippen LogP contribution in [-0.4, -0.2) is 18.2 Å². The molecule has 0 heterocycles. The Morgan fingerprint density at radius 3 is 2.20 bits per heavy atom. The third-order valence-corrected chi connectivity index (χ3v) is 1.11. The van der Waals surface area contributed by atoms with Crippen LogP contribution in [0.25, 0.3) is 0 Å². The van der Waals surface area contributed by atoms with E-state index in [1.165, 1.54) is 0 Å². The van der Waals surface area contributed by atoms with E-state index in [0.29, 0.717) is 0 Å². The first-order valence-electron chi connectivity index (χ1n) is 3.81. The molecule has 0 radical (unpaired) electrons. The van der Waals surface area contributed by atoms with Crippen LogP contribution in [0.2, 0.25) is 0 Å². The zero-order valence-corrected chi connectivity index (χ0v) is 7.48. The van der Waals surface area contributed by atoms with Crippen molar-refractivity contribution in [1.29, 1.82) is 0 Å². The molecular formula is C8H19NO. The van der Waals surface area contributed by atoms with Crippen molar-refractivity contribution >= 4 is 0 Å². The molecule has 2 N–H and O–H groups in total. The summed E-state index contributed by atoms with van der Waals surface area (Å²) >= 11 is 0. The maximum absolute atomic E-state index is 5.54. The van der Waals surface area contributed by atoms with Gasteiger partial charge in [-0.05, 0) is 34.1 Å². The predicted molar refractivity (Wildman–Crippen MR) is 44.0 cm³/mol. The summed E-state index contributed by atoms with van der Waals surface area (Å²) in [5, 5.41) is 0. The molecule has 0 aromatic heterocycles. The Hall–Kier alpha value is -0.0800. The van der Waals surface area contributed by atoms with E-state index >= 15 is 0 Å². The third kappa shape index (κ3) is 7.92. The molecule has 0 aromatic rings. The highest BCUT2D eigenvalue weighted by atomic mass is 16.5. The lowest BCUT2D eigenvalue weighted by Crippen LogP contribution is -2.24. The summed E-state index contributed by atoms with van der Waals surface area (Å²) in [5.74, 6) is 0. The average Bonchev–Trinajstić information content (AvgIpc) is 1.59. The fourth-order valence-corrected chi connectivity index (χ4v) is 0.551. The van der Waals surface area contributed by atoms with Crippen molar-refractivity contribution in [3.63, 3.8) is 0 Å². The summed E-state index contributed by atoms with van der Waals surface area (Å²) < 4.78 is 5.46. The number of hydrogen-bond acceptors (Lipinski definition) is 2. The van der Waals surface area contributed by atoms with Gasteiger partial charge in [-0.25, -0.2) is 0 Å². The standard InChI is InChI=1S/C8H19NO/c1-7(9)5-6-10-8(2,3)4/h7H,5-6,9H2,1-4H3/t7-/m1/s1. The molecule has 0 amide bonds. The maximum Gasteiger partial charge on any atom is 0.0598 e. The molecule has 0 saturated heterocycles. The van der Waals surface area contributed by atoms with Gasteiger partial charge >= 0.3 is 0 Å². The van der Waals surface area contributed by atoms with Crippen molar-refractivity contribution in [3.05, 3.63) is 0 Å².